The summed E-state index contributed by atoms with van der Waals surface area (Å²) >= 11 is 0. The molecular formula is C20H23NO4. The Labute approximate surface area is 148 Å². The van der Waals surface area contributed by atoms with Gasteiger partial charge < -0.3 is 19.1 Å². The van der Waals surface area contributed by atoms with Crippen LogP contribution < -0.4 is 14.2 Å². The Bertz CT molecular complexity index is 695. The van der Waals surface area contributed by atoms with Crippen LogP contribution in [0.3, 0.4) is 0 Å². The van der Waals surface area contributed by atoms with Crippen LogP contribution in [0.1, 0.15) is 11.1 Å². The number of rotatable bonds is 5. The van der Waals surface area contributed by atoms with E-state index < -0.39 is 0 Å². The number of para-hydroxylation sites is 1. The van der Waals surface area contributed by atoms with E-state index >= 15 is 0 Å². The zero-order chi connectivity index (χ0) is 17.6. The van der Waals surface area contributed by atoms with Gasteiger partial charge in [-0.2, -0.15) is 0 Å². The second kappa shape index (κ2) is 7.92. The van der Waals surface area contributed by atoms with Crippen LogP contribution in [-0.2, 0) is 17.6 Å². The lowest BCUT2D eigenvalue weighted by molar-refractivity contribution is -0.133. The number of amides is 1. The fraction of sp³-hybridized carbons (Fsp3) is 0.350. The number of fused-ring (bicyclic) bond motifs is 1. The highest BCUT2D eigenvalue weighted by Crippen LogP contribution is 2.32. The van der Waals surface area contributed by atoms with Crippen molar-refractivity contribution in [1.82, 2.24) is 4.90 Å². The molecule has 0 radical (unpaired) electrons. The lowest BCUT2D eigenvalue weighted by atomic mass is 10.0. The molecule has 5 nitrogen and oxygen atoms in total. The first kappa shape index (κ1) is 17.1. The lowest BCUT2D eigenvalue weighted by Gasteiger charge is -2.20. The maximum absolute atomic E-state index is 12.5. The van der Waals surface area contributed by atoms with Gasteiger partial charge in [-0.05, 0) is 48.2 Å². The van der Waals surface area contributed by atoms with Crippen molar-refractivity contribution in [3.63, 3.8) is 0 Å². The fourth-order valence-electron chi connectivity index (χ4n) is 3.05. The molecule has 0 atom stereocenters. The van der Waals surface area contributed by atoms with Crippen LogP contribution in [0.5, 0.6) is 17.2 Å². The van der Waals surface area contributed by atoms with Crippen LogP contribution in [0.25, 0.3) is 0 Å². The van der Waals surface area contributed by atoms with E-state index in [4.69, 9.17) is 14.2 Å². The molecule has 2 aromatic carbocycles. The number of hydrogen-bond donors (Lipinski definition) is 0. The van der Waals surface area contributed by atoms with E-state index in [0.29, 0.717) is 18.8 Å². The molecule has 1 aliphatic rings. The average molecular weight is 341 g/mol. The molecule has 0 saturated carbocycles. The highest BCUT2D eigenvalue weighted by atomic mass is 16.5. The summed E-state index contributed by atoms with van der Waals surface area (Å²) in [6.07, 6.45) is 1.60. The summed E-state index contributed by atoms with van der Waals surface area (Å²) in [5.74, 6) is 2.18. The number of benzene rings is 2. The molecule has 25 heavy (non-hydrogen) atoms. The average Bonchev–Trinajstić information content (AvgIpc) is 2.87. The van der Waals surface area contributed by atoms with Gasteiger partial charge in [0, 0.05) is 13.1 Å². The molecule has 0 saturated heterocycles. The quantitative estimate of drug-likeness (QED) is 0.839. The van der Waals surface area contributed by atoms with Crippen LogP contribution in [-0.4, -0.2) is 44.7 Å². The van der Waals surface area contributed by atoms with Gasteiger partial charge in [0.15, 0.2) is 18.1 Å². The number of carbonyl (C=O) groups excluding carboxylic acids is 1. The number of ether oxygens (including phenoxy) is 3. The molecule has 0 spiro atoms. The van der Waals surface area contributed by atoms with E-state index in [-0.39, 0.29) is 12.5 Å². The summed E-state index contributed by atoms with van der Waals surface area (Å²) in [7, 11) is 3.27. The van der Waals surface area contributed by atoms with Crippen LogP contribution >= 0.6 is 0 Å². The standard InChI is InChI=1S/C20H23NO4/c1-23-18-12-15-8-10-21(11-9-16(15)13-19(18)24-2)20(22)14-25-17-6-4-3-5-7-17/h3-7,12-13H,8-11,14H2,1-2H3. The van der Waals surface area contributed by atoms with Gasteiger partial charge in [0.1, 0.15) is 5.75 Å². The van der Waals surface area contributed by atoms with Gasteiger partial charge in [0.25, 0.3) is 5.91 Å². The lowest BCUT2D eigenvalue weighted by Crippen LogP contribution is -2.36. The summed E-state index contributed by atoms with van der Waals surface area (Å²) in [4.78, 5) is 14.3. The van der Waals surface area contributed by atoms with Gasteiger partial charge >= 0.3 is 0 Å². The summed E-state index contributed by atoms with van der Waals surface area (Å²) in [6, 6.07) is 13.4. The summed E-state index contributed by atoms with van der Waals surface area (Å²) < 4.78 is 16.3. The molecule has 1 heterocycles. The molecule has 5 heteroatoms. The van der Waals surface area contributed by atoms with E-state index in [1.807, 2.05) is 47.4 Å². The van der Waals surface area contributed by atoms with Gasteiger partial charge in [-0.15, -0.1) is 0 Å². The second-order valence-electron chi connectivity index (χ2n) is 5.96. The molecule has 1 amide bonds. The Kier molecular flexibility index (Phi) is 5.43. The molecule has 0 fully saturated rings. The molecule has 0 N–H and O–H groups in total. The summed E-state index contributed by atoms with van der Waals surface area (Å²) in [6.45, 7) is 1.42. The zero-order valence-corrected chi connectivity index (χ0v) is 14.7. The molecule has 2 aromatic rings. The van der Waals surface area contributed by atoms with Crippen molar-refractivity contribution in [2.24, 2.45) is 0 Å². The van der Waals surface area contributed by atoms with Crippen LogP contribution in [0.4, 0.5) is 0 Å². The van der Waals surface area contributed by atoms with E-state index in [0.717, 1.165) is 24.3 Å². The number of hydrogen-bond acceptors (Lipinski definition) is 4. The third-order valence-electron chi connectivity index (χ3n) is 4.47. The van der Waals surface area contributed by atoms with Crippen molar-refractivity contribution in [1.29, 1.82) is 0 Å². The predicted octanol–water partition coefficient (Wildman–Crippen LogP) is 2.71. The molecular weight excluding hydrogens is 318 g/mol. The molecule has 0 aromatic heterocycles. The van der Waals surface area contributed by atoms with Crippen molar-refractivity contribution in [3.8, 4) is 17.2 Å². The number of nitrogens with zero attached hydrogens (tertiary/aromatic N) is 1. The maximum atomic E-state index is 12.5. The van der Waals surface area contributed by atoms with E-state index in [1.54, 1.807) is 14.2 Å². The number of methoxy groups -OCH3 is 2. The molecule has 0 aliphatic carbocycles. The van der Waals surface area contributed by atoms with Crippen molar-refractivity contribution < 1.29 is 19.0 Å². The summed E-state index contributed by atoms with van der Waals surface area (Å²) in [5.41, 5.74) is 2.41. The highest BCUT2D eigenvalue weighted by Gasteiger charge is 2.20. The fourth-order valence-corrected chi connectivity index (χ4v) is 3.05. The Morgan fingerprint density at radius 3 is 2.04 bits per heavy atom. The normalized spacial score (nSPS) is 13.6. The minimum atomic E-state index is 0.00980. The van der Waals surface area contributed by atoms with E-state index in [1.165, 1.54) is 11.1 Å². The minimum Gasteiger partial charge on any atom is -0.493 e. The van der Waals surface area contributed by atoms with Crippen LogP contribution in [0, 0.1) is 0 Å². The molecule has 132 valence electrons. The van der Waals surface area contributed by atoms with Crippen molar-refractivity contribution >= 4 is 5.91 Å². The first-order valence-corrected chi connectivity index (χ1v) is 8.40. The van der Waals surface area contributed by atoms with Crippen LogP contribution in [0.15, 0.2) is 42.5 Å². The molecule has 0 unspecified atom stereocenters. The molecule has 0 bridgehead atoms. The van der Waals surface area contributed by atoms with Crippen molar-refractivity contribution in [2.75, 3.05) is 33.9 Å². The first-order valence-electron chi connectivity index (χ1n) is 8.40. The van der Waals surface area contributed by atoms with E-state index in [2.05, 4.69) is 0 Å². The van der Waals surface area contributed by atoms with E-state index in [9.17, 15) is 4.79 Å². The Hall–Kier alpha value is -2.69. The summed E-state index contributed by atoms with van der Waals surface area (Å²) in [5, 5.41) is 0. The topological polar surface area (TPSA) is 48.0 Å². The SMILES string of the molecule is COc1cc2c(cc1OC)CCN(C(=O)COc1ccccc1)CC2. The third kappa shape index (κ3) is 4.05. The largest absolute Gasteiger partial charge is 0.493 e. The second-order valence-corrected chi connectivity index (χ2v) is 5.96. The number of carbonyl (C=O) groups is 1. The highest BCUT2D eigenvalue weighted by molar-refractivity contribution is 5.78. The maximum Gasteiger partial charge on any atom is 0.260 e. The third-order valence-corrected chi connectivity index (χ3v) is 4.47. The Morgan fingerprint density at radius 1 is 0.960 bits per heavy atom. The molecule has 3 rings (SSSR count). The van der Waals surface area contributed by atoms with Crippen molar-refractivity contribution in [3.05, 3.63) is 53.6 Å². The van der Waals surface area contributed by atoms with Crippen molar-refractivity contribution in [2.45, 2.75) is 12.8 Å². The smallest absolute Gasteiger partial charge is 0.260 e. The monoisotopic (exact) mass is 341 g/mol. The van der Waals surface area contributed by atoms with Gasteiger partial charge in [-0.3, -0.25) is 4.79 Å². The first-order chi connectivity index (χ1) is 12.2. The Balaban J connectivity index is 1.64. The van der Waals surface area contributed by atoms with Gasteiger partial charge in [0.2, 0.25) is 0 Å². The zero-order valence-electron chi connectivity index (χ0n) is 14.7. The predicted molar refractivity (Wildman–Crippen MR) is 95.5 cm³/mol. The van der Waals surface area contributed by atoms with Crippen LogP contribution in [0.2, 0.25) is 0 Å². The molecule has 1 aliphatic heterocycles. The minimum absolute atomic E-state index is 0.00980. The Morgan fingerprint density at radius 2 is 1.52 bits per heavy atom. The van der Waals surface area contributed by atoms with Gasteiger partial charge in [-0.1, -0.05) is 18.2 Å². The van der Waals surface area contributed by atoms with Gasteiger partial charge in [-0.25, -0.2) is 0 Å². The van der Waals surface area contributed by atoms with Gasteiger partial charge in [0.05, 0.1) is 14.2 Å².